The predicted molar refractivity (Wildman–Crippen MR) is 96.2 cm³/mol. The van der Waals surface area contributed by atoms with Crippen LogP contribution in [0.2, 0.25) is 0 Å². The van der Waals surface area contributed by atoms with Gasteiger partial charge in [0, 0.05) is 32.7 Å². The van der Waals surface area contributed by atoms with Crippen LogP contribution >= 0.6 is 0 Å². The van der Waals surface area contributed by atoms with Crippen LogP contribution < -0.4 is 5.32 Å². The van der Waals surface area contributed by atoms with E-state index in [1.807, 2.05) is 0 Å². The van der Waals surface area contributed by atoms with Crippen molar-refractivity contribution in [3.05, 3.63) is 53.4 Å². The van der Waals surface area contributed by atoms with E-state index in [0.717, 1.165) is 6.07 Å². The van der Waals surface area contributed by atoms with Gasteiger partial charge in [-0.3, -0.25) is 14.5 Å². The Kier molecular flexibility index (Phi) is 6.21. The standard InChI is InChI=1S/C19H21F3N4O3/c1-25(12-14-6-9-29-24-14)17(27)10-16-18(28)23-7-8-26(16)11-13-4-2-3-5-15(13)19(20,21)22/h2-6,9,16H,7-8,10-12H2,1H3,(H,23,28)/t16-/m1/s1. The number of carbonyl (C=O) groups is 2. The second kappa shape index (κ2) is 8.64. The Hall–Kier alpha value is -2.88. The second-order valence-electron chi connectivity index (χ2n) is 6.88. The van der Waals surface area contributed by atoms with E-state index in [1.165, 1.54) is 29.4 Å². The van der Waals surface area contributed by atoms with Gasteiger partial charge in [-0.1, -0.05) is 23.4 Å². The van der Waals surface area contributed by atoms with E-state index < -0.39 is 17.8 Å². The first-order chi connectivity index (χ1) is 13.8. The number of amides is 2. The van der Waals surface area contributed by atoms with E-state index in [1.54, 1.807) is 18.0 Å². The highest BCUT2D eigenvalue weighted by atomic mass is 19.4. The van der Waals surface area contributed by atoms with E-state index in [9.17, 15) is 22.8 Å². The SMILES string of the molecule is CN(Cc1ccon1)C(=O)C[C@@H]1C(=O)NCCN1Cc1ccccc1C(F)(F)F. The highest BCUT2D eigenvalue weighted by Gasteiger charge is 2.36. The summed E-state index contributed by atoms with van der Waals surface area (Å²) in [5, 5.41) is 6.42. The number of benzene rings is 1. The van der Waals surface area contributed by atoms with Gasteiger partial charge in [-0.05, 0) is 11.6 Å². The summed E-state index contributed by atoms with van der Waals surface area (Å²) in [6.07, 6.45) is -3.24. The lowest BCUT2D eigenvalue weighted by molar-refractivity contribution is -0.140. The van der Waals surface area contributed by atoms with Gasteiger partial charge in [0.15, 0.2) is 0 Å². The Morgan fingerprint density at radius 3 is 2.79 bits per heavy atom. The van der Waals surface area contributed by atoms with Crippen LogP contribution in [0.15, 0.2) is 41.1 Å². The third-order valence-corrected chi connectivity index (χ3v) is 4.82. The summed E-state index contributed by atoms with van der Waals surface area (Å²) in [5.41, 5.74) is -0.104. The molecule has 29 heavy (non-hydrogen) atoms. The van der Waals surface area contributed by atoms with Crippen LogP contribution in [-0.2, 0) is 28.9 Å². The summed E-state index contributed by atoms with van der Waals surface area (Å²) in [4.78, 5) is 28.0. The van der Waals surface area contributed by atoms with Crippen molar-refractivity contribution in [1.82, 2.24) is 20.3 Å². The molecule has 0 spiro atoms. The molecule has 1 atom stereocenters. The van der Waals surface area contributed by atoms with Crippen molar-refractivity contribution < 1.29 is 27.3 Å². The smallest absolute Gasteiger partial charge is 0.364 e. The van der Waals surface area contributed by atoms with Gasteiger partial charge >= 0.3 is 6.18 Å². The van der Waals surface area contributed by atoms with E-state index in [0.29, 0.717) is 18.8 Å². The monoisotopic (exact) mass is 410 g/mol. The Morgan fingerprint density at radius 2 is 2.10 bits per heavy atom. The second-order valence-corrected chi connectivity index (χ2v) is 6.88. The van der Waals surface area contributed by atoms with Crippen molar-refractivity contribution in [2.75, 3.05) is 20.1 Å². The van der Waals surface area contributed by atoms with Crippen LogP contribution in [0.25, 0.3) is 0 Å². The number of hydrogen-bond donors (Lipinski definition) is 1. The summed E-state index contributed by atoms with van der Waals surface area (Å²) < 4.78 is 44.6. The number of alkyl halides is 3. The van der Waals surface area contributed by atoms with Gasteiger partial charge < -0.3 is 14.7 Å². The number of aromatic nitrogens is 1. The van der Waals surface area contributed by atoms with Crippen molar-refractivity contribution in [2.45, 2.75) is 31.7 Å². The number of piperazine rings is 1. The van der Waals surface area contributed by atoms with Crippen LogP contribution in [0.1, 0.15) is 23.2 Å². The van der Waals surface area contributed by atoms with Crippen LogP contribution in [0, 0.1) is 0 Å². The topological polar surface area (TPSA) is 78.7 Å². The zero-order chi connectivity index (χ0) is 21.0. The Balaban J connectivity index is 1.73. The summed E-state index contributed by atoms with van der Waals surface area (Å²) in [7, 11) is 1.57. The van der Waals surface area contributed by atoms with Crippen LogP contribution in [0.5, 0.6) is 0 Å². The molecule has 0 saturated carbocycles. The fourth-order valence-corrected chi connectivity index (χ4v) is 3.30. The minimum absolute atomic E-state index is 0.0723. The zero-order valence-corrected chi connectivity index (χ0v) is 15.8. The quantitative estimate of drug-likeness (QED) is 0.789. The third-order valence-electron chi connectivity index (χ3n) is 4.82. The minimum atomic E-state index is -4.49. The molecule has 1 aliphatic rings. The molecule has 1 saturated heterocycles. The van der Waals surface area contributed by atoms with Crippen LogP contribution in [0.4, 0.5) is 13.2 Å². The number of nitrogens with zero attached hydrogens (tertiary/aromatic N) is 3. The highest BCUT2D eigenvalue weighted by Crippen LogP contribution is 2.32. The number of carbonyl (C=O) groups excluding carboxylic acids is 2. The summed E-state index contributed by atoms with van der Waals surface area (Å²) in [5.74, 6) is -0.687. The molecule has 156 valence electrons. The minimum Gasteiger partial charge on any atom is -0.364 e. The van der Waals surface area contributed by atoms with Gasteiger partial charge in [-0.2, -0.15) is 13.2 Å². The molecular formula is C19H21F3N4O3. The molecule has 1 N–H and O–H groups in total. The predicted octanol–water partition coefficient (Wildman–Crippen LogP) is 2.04. The summed E-state index contributed by atoms with van der Waals surface area (Å²) >= 11 is 0. The lowest BCUT2D eigenvalue weighted by atomic mass is 10.0. The molecule has 0 bridgehead atoms. The number of rotatable bonds is 6. The molecule has 3 rings (SSSR count). The molecule has 1 fully saturated rings. The average molecular weight is 410 g/mol. The van der Waals surface area contributed by atoms with Gasteiger partial charge in [-0.15, -0.1) is 0 Å². The van der Waals surface area contributed by atoms with Gasteiger partial charge in [0.05, 0.1) is 24.6 Å². The lowest BCUT2D eigenvalue weighted by Gasteiger charge is -2.35. The Bertz CT molecular complexity index is 855. The maximum atomic E-state index is 13.3. The van der Waals surface area contributed by atoms with Gasteiger partial charge in [-0.25, -0.2) is 0 Å². The first-order valence-corrected chi connectivity index (χ1v) is 9.06. The summed E-state index contributed by atoms with van der Waals surface area (Å²) in [6, 6.07) is 6.04. The molecule has 0 unspecified atom stereocenters. The molecule has 2 heterocycles. The van der Waals surface area contributed by atoms with E-state index >= 15 is 0 Å². The number of hydrogen-bond acceptors (Lipinski definition) is 5. The van der Waals surface area contributed by atoms with Gasteiger partial charge in [0.1, 0.15) is 12.0 Å². The fraction of sp³-hybridized carbons (Fsp3) is 0.421. The average Bonchev–Trinajstić information content (AvgIpc) is 3.17. The number of halogens is 3. The van der Waals surface area contributed by atoms with Crippen molar-refractivity contribution >= 4 is 11.8 Å². The van der Waals surface area contributed by atoms with Crippen molar-refractivity contribution in [3.8, 4) is 0 Å². The Morgan fingerprint density at radius 1 is 1.34 bits per heavy atom. The molecule has 7 nitrogen and oxygen atoms in total. The molecule has 0 aliphatic carbocycles. The molecule has 0 radical (unpaired) electrons. The maximum Gasteiger partial charge on any atom is 0.416 e. The molecule has 10 heteroatoms. The first kappa shape index (κ1) is 20.8. The normalized spacial score (nSPS) is 17.8. The largest absolute Gasteiger partial charge is 0.416 e. The maximum absolute atomic E-state index is 13.3. The van der Waals surface area contributed by atoms with E-state index in [-0.39, 0.29) is 36.9 Å². The molecule has 2 amide bonds. The molecule has 1 aromatic carbocycles. The van der Waals surface area contributed by atoms with Crippen LogP contribution in [-0.4, -0.2) is 52.9 Å². The Labute approximate surface area is 165 Å². The number of nitrogens with one attached hydrogen (secondary N) is 1. The first-order valence-electron chi connectivity index (χ1n) is 9.06. The molecule has 2 aromatic rings. The zero-order valence-electron chi connectivity index (χ0n) is 15.8. The van der Waals surface area contributed by atoms with Gasteiger partial charge in [0.25, 0.3) is 0 Å². The molecular weight excluding hydrogens is 389 g/mol. The molecule has 1 aliphatic heterocycles. The van der Waals surface area contributed by atoms with Crippen molar-refractivity contribution in [2.24, 2.45) is 0 Å². The van der Waals surface area contributed by atoms with E-state index in [4.69, 9.17) is 4.52 Å². The van der Waals surface area contributed by atoms with E-state index in [2.05, 4.69) is 10.5 Å². The lowest BCUT2D eigenvalue weighted by Crippen LogP contribution is -2.56. The fourth-order valence-electron chi connectivity index (χ4n) is 3.30. The van der Waals surface area contributed by atoms with Crippen LogP contribution in [0.3, 0.4) is 0 Å². The molecule has 1 aromatic heterocycles. The van der Waals surface area contributed by atoms with Gasteiger partial charge in [0.2, 0.25) is 11.8 Å². The summed E-state index contributed by atoms with van der Waals surface area (Å²) in [6.45, 7) is 0.796. The van der Waals surface area contributed by atoms with Crippen molar-refractivity contribution in [3.63, 3.8) is 0 Å². The third kappa shape index (κ3) is 5.14. The van der Waals surface area contributed by atoms with Crippen molar-refractivity contribution in [1.29, 1.82) is 0 Å². The highest BCUT2D eigenvalue weighted by molar-refractivity contribution is 5.88.